The molecule has 7 heteroatoms. The van der Waals surface area contributed by atoms with Gasteiger partial charge in [0.25, 0.3) is 0 Å². The molecule has 0 fully saturated rings. The summed E-state index contributed by atoms with van der Waals surface area (Å²) in [5.41, 5.74) is 2.24. The van der Waals surface area contributed by atoms with Gasteiger partial charge in [0.15, 0.2) is 0 Å². The molecule has 0 aliphatic carbocycles. The molecule has 1 atom stereocenters. The van der Waals surface area contributed by atoms with Crippen molar-refractivity contribution in [3.63, 3.8) is 0 Å². The lowest BCUT2D eigenvalue weighted by atomic mass is 9.98. The monoisotopic (exact) mass is 435 g/mol. The Balaban J connectivity index is 1.93. The minimum absolute atomic E-state index is 0.144. The van der Waals surface area contributed by atoms with E-state index in [1.807, 2.05) is 41.0 Å². The Morgan fingerprint density at radius 3 is 2.06 bits per heavy atom. The van der Waals surface area contributed by atoms with Crippen molar-refractivity contribution in [3.05, 3.63) is 90.0 Å². The van der Waals surface area contributed by atoms with Gasteiger partial charge in [0.2, 0.25) is 0 Å². The van der Waals surface area contributed by atoms with Crippen LogP contribution in [0.25, 0.3) is 0 Å². The van der Waals surface area contributed by atoms with Crippen LogP contribution in [-0.4, -0.2) is 40.4 Å². The second-order valence-corrected chi connectivity index (χ2v) is 8.44. The fourth-order valence-electron chi connectivity index (χ4n) is 3.50. The highest BCUT2D eigenvalue weighted by atomic mass is 16.6. The maximum absolute atomic E-state index is 12.4. The number of hydrogen-bond acceptors (Lipinski definition) is 5. The summed E-state index contributed by atoms with van der Waals surface area (Å²) in [7, 11) is 1.29. The standard InChI is InChI=1S/C25H29N3O4/c1-25(2,3)32-24(30)27-21(23(29)31-4)15-20-16-26-17-28(20)22(18-11-7-5-8-12-18)19-13-9-6-10-14-19/h5-14,16-17,21-22H,15H2,1-4H3,(H,27,30)/t21-/m0/s1. The van der Waals surface area contributed by atoms with E-state index in [1.165, 1.54) is 7.11 Å². The number of hydrogen-bond donors (Lipinski definition) is 1. The third-order valence-corrected chi connectivity index (χ3v) is 4.84. The van der Waals surface area contributed by atoms with E-state index in [-0.39, 0.29) is 12.5 Å². The number of aromatic nitrogens is 2. The van der Waals surface area contributed by atoms with Crippen LogP contribution in [0.5, 0.6) is 0 Å². The minimum Gasteiger partial charge on any atom is -0.467 e. The smallest absolute Gasteiger partial charge is 0.408 e. The van der Waals surface area contributed by atoms with Crippen LogP contribution < -0.4 is 5.32 Å². The van der Waals surface area contributed by atoms with E-state index in [1.54, 1.807) is 33.3 Å². The van der Waals surface area contributed by atoms with E-state index < -0.39 is 23.7 Å². The lowest BCUT2D eigenvalue weighted by Gasteiger charge is -2.25. The molecule has 3 rings (SSSR count). The number of carbonyl (C=O) groups is 2. The summed E-state index contributed by atoms with van der Waals surface area (Å²) in [6, 6.07) is 19.1. The van der Waals surface area contributed by atoms with E-state index in [0.717, 1.165) is 16.8 Å². The molecule has 0 aliphatic rings. The van der Waals surface area contributed by atoms with Crippen molar-refractivity contribution in [1.29, 1.82) is 0 Å². The average Bonchev–Trinajstić information content (AvgIpc) is 3.21. The van der Waals surface area contributed by atoms with Gasteiger partial charge in [-0.1, -0.05) is 60.7 Å². The zero-order valence-electron chi connectivity index (χ0n) is 18.8. The summed E-state index contributed by atoms with van der Waals surface area (Å²) in [6.07, 6.45) is 2.96. The van der Waals surface area contributed by atoms with Crippen LogP contribution in [0.2, 0.25) is 0 Å². The first kappa shape index (κ1) is 23.1. The largest absolute Gasteiger partial charge is 0.467 e. The maximum atomic E-state index is 12.4. The Morgan fingerprint density at radius 2 is 1.56 bits per heavy atom. The van der Waals surface area contributed by atoms with Gasteiger partial charge >= 0.3 is 12.1 Å². The molecule has 1 amide bonds. The quantitative estimate of drug-likeness (QED) is 0.564. The molecule has 0 aliphatic heterocycles. The number of methoxy groups -OCH3 is 1. The zero-order chi connectivity index (χ0) is 23.1. The van der Waals surface area contributed by atoms with E-state index in [2.05, 4.69) is 34.6 Å². The molecule has 0 saturated carbocycles. The Kier molecular flexibility index (Phi) is 7.30. The van der Waals surface area contributed by atoms with Gasteiger partial charge < -0.3 is 19.4 Å². The number of esters is 1. The first-order valence-electron chi connectivity index (χ1n) is 10.5. The maximum Gasteiger partial charge on any atom is 0.408 e. The van der Waals surface area contributed by atoms with E-state index in [4.69, 9.17) is 9.47 Å². The molecular formula is C25H29N3O4. The molecule has 0 radical (unpaired) electrons. The fraction of sp³-hybridized carbons (Fsp3) is 0.320. The van der Waals surface area contributed by atoms with Crippen molar-refractivity contribution in [1.82, 2.24) is 14.9 Å². The number of rotatable bonds is 7. The van der Waals surface area contributed by atoms with Crippen LogP contribution in [0.4, 0.5) is 4.79 Å². The lowest BCUT2D eigenvalue weighted by Crippen LogP contribution is -2.45. The number of alkyl carbamates (subject to hydrolysis) is 1. The molecule has 0 spiro atoms. The summed E-state index contributed by atoms with van der Waals surface area (Å²) in [5, 5.41) is 2.63. The first-order valence-corrected chi connectivity index (χ1v) is 10.5. The Hall–Kier alpha value is -3.61. The number of benzene rings is 2. The van der Waals surface area contributed by atoms with Crippen LogP contribution in [0, 0.1) is 0 Å². The average molecular weight is 436 g/mol. The lowest BCUT2D eigenvalue weighted by molar-refractivity contribution is -0.143. The number of imidazole rings is 1. The normalized spacial score (nSPS) is 12.3. The summed E-state index contributed by atoms with van der Waals surface area (Å²) >= 11 is 0. The van der Waals surface area contributed by atoms with Crippen LogP contribution in [0.15, 0.2) is 73.2 Å². The fourth-order valence-corrected chi connectivity index (χ4v) is 3.50. The van der Waals surface area contributed by atoms with Gasteiger partial charge in [-0.3, -0.25) is 0 Å². The van der Waals surface area contributed by atoms with Crippen molar-refractivity contribution < 1.29 is 19.1 Å². The second kappa shape index (κ2) is 10.1. The topological polar surface area (TPSA) is 82.5 Å². The number of carbonyl (C=O) groups excluding carboxylic acids is 2. The third-order valence-electron chi connectivity index (χ3n) is 4.84. The molecular weight excluding hydrogens is 406 g/mol. The Morgan fingerprint density at radius 1 is 1.00 bits per heavy atom. The van der Waals surface area contributed by atoms with Crippen molar-refractivity contribution in [2.75, 3.05) is 7.11 Å². The molecule has 168 valence electrons. The van der Waals surface area contributed by atoms with Crippen molar-refractivity contribution in [2.45, 2.75) is 44.9 Å². The highest BCUT2D eigenvalue weighted by Gasteiger charge is 2.28. The van der Waals surface area contributed by atoms with Crippen LogP contribution in [-0.2, 0) is 20.7 Å². The first-order chi connectivity index (χ1) is 15.3. The van der Waals surface area contributed by atoms with E-state index >= 15 is 0 Å². The molecule has 0 bridgehead atoms. The zero-order valence-corrected chi connectivity index (χ0v) is 18.8. The SMILES string of the molecule is COC(=O)[C@H](Cc1cncn1C(c1ccccc1)c1ccccc1)NC(=O)OC(C)(C)C. The van der Waals surface area contributed by atoms with Gasteiger partial charge in [0.05, 0.1) is 19.5 Å². The number of ether oxygens (including phenoxy) is 2. The molecule has 3 aromatic rings. The molecule has 1 N–H and O–H groups in total. The van der Waals surface area contributed by atoms with Crippen molar-refractivity contribution in [2.24, 2.45) is 0 Å². The van der Waals surface area contributed by atoms with Crippen LogP contribution >= 0.6 is 0 Å². The minimum atomic E-state index is -0.919. The Bertz CT molecular complexity index is 987. The molecule has 0 unspecified atom stereocenters. The molecule has 1 aromatic heterocycles. The summed E-state index contributed by atoms with van der Waals surface area (Å²) in [4.78, 5) is 29.1. The molecule has 1 heterocycles. The molecule has 7 nitrogen and oxygen atoms in total. The molecule has 2 aromatic carbocycles. The second-order valence-electron chi connectivity index (χ2n) is 8.44. The van der Waals surface area contributed by atoms with Gasteiger partial charge in [0, 0.05) is 18.3 Å². The number of nitrogens with zero attached hydrogens (tertiary/aromatic N) is 2. The van der Waals surface area contributed by atoms with Gasteiger partial charge in [-0.05, 0) is 31.9 Å². The van der Waals surface area contributed by atoms with Crippen LogP contribution in [0.1, 0.15) is 43.6 Å². The van der Waals surface area contributed by atoms with Gasteiger partial charge in [-0.2, -0.15) is 0 Å². The number of nitrogens with one attached hydrogen (secondary N) is 1. The van der Waals surface area contributed by atoms with Crippen molar-refractivity contribution in [3.8, 4) is 0 Å². The number of amides is 1. The van der Waals surface area contributed by atoms with Gasteiger partial charge in [0.1, 0.15) is 11.6 Å². The van der Waals surface area contributed by atoms with Gasteiger partial charge in [-0.15, -0.1) is 0 Å². The Labute approximate surface area is 188 Å². The van der Waals surface area contributed by atoms with Crippen LogP contribution in [0.3, 0.4) is 0 Å². The van der Waals surface area contributed by atoms with Crippen molar-refractivity contribution >= 4 is 12.1 Å². The molecule has 32 heavy (non-hydrogen) atoms. The summed E-state index contributed by atoms with van der Waals surface area (Å²) < 4.78 is 12.3. The highest BCUT2D eigenvalue weighted by Crippen LogP contribution is 2.28. The predicted molar refractivity (Wildman–Crippen MR) is 121 cm³/mol. The molecule has 0 saturated heterocycles. The van der Waals surface area contributed by atoms with Gasteiger partial charge in [-0.25, -0.2) is 14.6 Å². The predicted octanol–water partition coefficient (Wildman–Crippen LogP) is 4.13. The van der Waals surface area contributed by atoms with E-state index in [0.29, 0.717) is 0 Å². The summed E-state index contributed by atoms with van der Waals surface area (Å²) in [5.74, 6) is -0.556. The highest BCUT2D eigenvalue weighted by molar-refractivity contribution is 5.81. The third kappa shape index (κ3) is 5.97. The van der Waals surface area contributed by atoms with E-state index in [9.17, 15) is 9.59 Å². The summed E-state index contributed by atoms with van der Waals surface area (Å²) in [6.45, 7) is 5.29.